The average molecular weight is 214 g/mol. The lowest BCUT2D eigenvalue weighted by atomic mass is 9.98. The molecule has 0 fully saturated rings. The van der Waals surface area contributed by atoms with Crippen molar-refractivity contribution in [2.45, 2.75) is 13.0 Å². The van der Waals surface area contributed by atoms with Crippen LogP contribution >= 0.6 is 0 Å². The summed E-state index contributed by atoms with van der Waals surface area (Å²) in [5.74, 6) is 0.0329. The first-order valence-corrected chi connectivity index (χ1v) is 5.13. The third-order valence-corrected chi connectivity index (χ3v) is 2.92. The standard InChI is InChI=1S/C13H10O3/c14-13(15)6-9-2-1-8-5-10-3-4-11(8)12(9)7-16-10/h1-5H,6-7H2,(H,14,15). The molecule has 2 heterocycles. The molecular weight excluding hydrogens is 204 g/mol. The Morgan fingerprint density at radius 1 is 1.31 bits per heavy atom. The van der Waals surface area contributed by atoms with Crippen molar-refractivity contribution in [3.63, 3.8) is 0 Å². The van der Waals surface area contributed by atoms with Crippen LogP contribution < -0.4 is 4.74 Å². The molecule has 16 heavy (non-hydrogen) atoms. The molecule has 1 N–H and O–H groups in total. The molecule has 2 aromatic rings. The van der Waals surface area contributed by atoms with Gasteiger partial charge >= 0.3 is 5.97 Å². The number of carboxylic acids is 1. The smallest absolute Gasteiger partial charge is 0.307 e. The molecule has 0 spiro atoms. The Labute approximate surface area is 92.3 Å². The first-order valence-electron chi connectivity index (χ1n) is 5.13. The summed E-state index contributed by atoms with van der Waals surface area (Å²) in [7, 11) is 0. The number of ether oxygens (including phenoxy) is 1. The molecule has 0 unspecified atom stereocenters. The molecule has 80 valence electrons. The van der Waals surface area contributed by atoms with Crippen LogP contribution in [0.1, 0.15) is 11.1 Å². The first kappa shape index (κ1) is 9.21. The zero-order valence-electron chi connectivity index (χ0n) is 8.56. The fraction of sp³-hybridized carbons (Fsp3) is 0.154. The second kappa shape index (κ2) is 3.23. The minimum absolute atomic E-state index is 0.0507. The van der Waals surface area contributed by atoms with Crippen molar-refractivity contribution in [3.8, 4) is 5.75 Å². The molecule has 2 aromatic carbocycles. The number of benzene rings is 2. The van der Waals surface area contributed by atoms with Crippen molar-refractivity contribution in [2.75, 3.05) is 0 Å². The number of rotatable bonds is 2. The number of hydrogen-bond donors (Lipinski definition) is 1. The fourth-order valence-corrected chi connectivity index (χ4v) is 2.16. The highest BCUT2D eigenvalue weighted by atomic mass is 16.5. The Morgan fingerprint density at radius 3 is 3.00 bits per heavy atom. The van der Waals surface area contributed by atoms with Crippen LogP contribution in [0.4, 0.5) is 0 Å². The van der Waals surface area contributed by atoms with Crippen LogP contribution in [0.15, 0.2) is 30.3 Å². The molecule has 0 atom stereocenters. The maximum absolute atomic E-state index is 10.8. The van der Waals surface area contributed by atoms with Gasteiger partial charge in [0.05, 0.1) is 6.42 Å². The van der Waals surface area contributed by atoms with Crippen LogP contribution in [0.25, 0.3) is 10.8 Å². The van der Waals surface area contributed by atoms with E-state index in [1.165, 1.54) is 0 Å². The van der Waals surface area contributed by atoms with E-state index in [2.05, 4.69) is 0 Å². The maximum Gasteiger partial charge on any atom is 0.307 e. The number of aliphatic carboxylic acids is 1. The van der Waals surface area contributed by atoms with Gasteiger partial charge in [-0.2, -0.15) is 0 Å². The minimum atomic E-state index is -0.810. The van der Waals surface area contributed by atoms with Crippen LogP contribution in [0.5, 0.6) is 5.75 Å². The van der Waals surface area contributed by atoms with Crippen molar-refractivity contribution < 1.29 is 14.6 Å². The Bertz CT molecular complexity index is 587. The molecule has 0 radical (unpaired) electrons. The van der Waals surface area contributed by atoms with Gasteiger partial charge in [-0.3, -0.25) is 4.79 Å². The molecule has 0 amide bonds. The molecule has 3 heteroatoms. The third-order valence-electron chi connectivity index (χ3n) is 2.92. The van der Waals surface area contributed by atoms with Crippen LogP contribution in [0, 0.1) is 0 Å². The number of fused-ring (bicyclic) bond motifs is 2. The van der Waals surface area contributed by atoms with Gasteiger partial charge in [0.15, 0.2) is 0 Å². The van der Waals surface area contributed by atoms with E-state index in [4.69, 9.17) is 9.84 Å². The van der Waals surface area contributed by atoms with Gasteiger partial charge in [0.1, 0.15) is 12.4 Å². The monoisotopic (exact) mass is 214 g/mol. The predicted molar refractivity (Wildman–Crippen MR) is 59.6 cm³/mol. The Balaban J connectivity index is 2.25. The molecule has 4 rings (SSSR count). The maximum atomic E-state index is 10.8. The second-order valence-electron chi connectivity index (χ2n) is 3.95. The summed E-state index contributed by atoms with van der Waals surface area (Å²) < 4.78 is 5.56. The molecule has 2 aliphatic rings. The van der Waals surface area contributed by atoms with Crippen LogP contribution in [-0.2, 0) is 17.8 Å². The average Bonchev–Trinajstić information content (AvgIpc) is 2.52. The Hall–Kier alpha value is -2.03. The van der Waals surface area contributed by atoms with Gasteiger partial charge in [0.2, 0.25) is 0 Å². The van der Waals surface area contributed by atoms with E-state index in [9.17, 15) is 4.79 Å². The number of carboxylic acid groups (broad SMARTS) is 1. The molecule has 2 aliphatic heterocycles. The predicted octanol–water partition coefficient (Wildman–Crippen LogP) is 2.36. The topological polar surface area (TPSA) is 46.5 Å². The zero-order chi connectivity index (χ0) is 11.1. The van der Waals surface area contributed by atoms with Gasteiger partial charge < -0.3 is 9.84 Å². The SMILES string of the molecule is O=C(O)Cc1ccc2cc3ccc2c1CO3. The van der Waals surface area contributed by atoms with Gasteiger partial charge in [0.25, 0.3) is 0 Å². The van der Waals surface area contributed by atoms with E-state index in [1.54, 1.807) is 0 Å². The van der Waals surface area contributed by atoms with Crippen molar-refractivity contribution >= 4 is 16.7 Å². The van der Waals surface area contributed by atoms with Crippen LogP contribution in [0.2, 0.25) is 0 Å². The lowest BCUT2D eigenvalue weighted by Crippen LogP contribution is -2.05. The molecule has 4 bridgehead atoms. The van der Waals surface area contributed by atoms with Crippen LogP contribution in [0.3, 0.4) is 0 Å². The summed E-state index contributed by atoms with van der Waals surface area (Å²) in [5, 5.41) is 11.1. The van der Waals surface area contributed by atoms with Gasteiger partial charge in [-0.15, -0.1) is 0 Å². The van der Waals surface area contributed by atoms with E-state index in [0.29, 0.717) is 6.61 Å². The van der Waals surface area contributed by atoms with E-state index in [0.717, 1.165) is 27.6 Å². The normalized spacial score (nSPS) is 12.8. The number of hydrogen-bond acceptors (Lipinski definition) is 2. The van der Waals surface area contributed by atoms with Crippen LogP contribution in [-0.4, -0.2) is 11.1 Å². The summed E-state index contributed by atoms with van der Waals surface area (Å²) >= 11 is 0. The molecule has 0 aliphatic carbocycles. The van der Waals surface area contributed by atoms with Crippen molar-refractivity contribution in [2.24, 2.45) is 0 Å². The summed E-state index contributed by atoms with van der Waals surface area (Å²) in [4.78, 5) is 10.8. The quantitative estimate of drug-likeness (QED) is 0.834. The molecule has 0 saturated heterocycles. The van der Waals surface area contributed by atoms with E-state index in [1.807, 2.05) is 30.3 Å². The van der Waals surface area contributed by atoms with Crippen molar-refractivity contribution in [1.82, 2.24) is 0 Å². The van der Waals surface area contributed by atoms with Gasteiger partial charge in [-0.25, -0.2) is 0 Å². The highest BCUT2D eigenvalue weighted by molar-refractivity contribution is 5.89. The van der Waals surface area contributed by atoms with E-state index in [-0.39, 0.29) is 6.42 Å². The molecule has 3 nitrogen and oxygen atoms in total. The highest BCUT2D eigenvalue weighted by Crippen LogP contribution is 2.31. The summed E-state index contributed by atoms with van der Waals surface area (Å²) in [6.45, 7) is 0.463. The molecular formula is C13H10O3. The van der Waals surface area contributed by atoms with Gasteiger partial charge in [0, 0.05) is 5.56 Å². The lowest BCUT2D eigenvalue weighted by Gasteiger charge is -2.07. The summed E-state index contributed by atoms with van der Waals surface area (Å²) in [5.41, 5.74) is 1.84. The zero-order valence-corrected chi connectivity index (χ0v) is 8.56. The fourth-order valence-electron chi connectivity index (χ4n) is 2.16. The Morgan fingerprint density at radius 2 is 2.19 bits per heavy atom. The first-order chi connectivity index (χ1) is 7.74. The van der Waals surface area contributed by atoms with Gasteiger partial charge in [-0.1, -0.05) is 18.2 Å². The summed E-state index contributed by atoms with van der Waals surface area (Å²) in [6.07, 6.45) is 0.0507. The lowest BCUT2D eigenvalue weighted by molar-refractivity contribution is -0.136. The van der Waals surface area contributed by atoms with Crippen molar-refractivity contribution in [3.05, 3.63) is 41.5 Å². The van der Waals surface area contributed by atoms with Gasteiger partial charge in [-0.05, 0) is 28.5 Å². The largest absolute Gasteiger partial charge is 0.489 e. The van der Waals surface area contributed by atoms with Crippen molar-refractivity contribution in [1.29, 1.82) is 0 Å². The third kappa shape index (κ3) is 1.33. The van der Waals surface area contributed by atoms with E-state index >= 15 is 0 Å². The second-order valence-corrected chi connectivity index (χ2v) is 3.95. The number of carbonyl (C=O) groups is 1. The van der Waals surface area contributed by atoms with E-state index < -0.39 is 5.97 Å². The minimum Gasteiger partial charge on any atom is -0.489 e. The highest BCUT2D eigenvalue weighted by Gasteiger charge is 2.14. The Kier molecular flexibility index (Phi) is 1.86. The molecule has 0 saturated carbocycles. The summed E-state index contributed by atoms with van der Waals surface area (Å²) in [6, 6.07) is 9.73. The molecule has 0 aromatic heterocycles.